The van der Waals surface area contributed by atoms with Crippen LogP contribution in [0.2, 0.25) is 0 Å². The van der Waals surface area contributed by atoms with Gasteiger partial charge in [0, 0.05) is 12.1 Å². The summed E-state index contributed by atoms with van der Waals surface area (Å²) in [6.07, 6.45) is 5.57. The maximum absolute atomic E-state index is 5.51. The van der Waals surface area contributed by atoms with Gasteiger partial charge in [-0.2, -0.15) is 0 Å². The summed E-state index contributed by atoms with van der Waals surface area (Å²) in [5.74, 6) is 0. The number of fused-ring (bicyclic) bond motifs is 1. The summed E-state index contributed by atoms with van der Waals surface area (Å²) in [6, 6.07) is 4.31. The van der Waals surface area contributed by atoms with Gasteiger partial charge in [-0.1, -0.05) is 12.5 Å². The van der Waals surface area contributed by atoms with Crippen LogP contribution in [0.25, 0.3) is 11.1 Å². The lowest BCUT2D eigenvalue weighted by Crippen LogP contribution is -2.29. The summed E-state index contributed by atoms with van der Waals surface area (Å²) < 4.78 is 5.51. The molecule has 3 rings (SSSR count). The van der Waals surface area contributed by atoms with E-state index in [-0.39, 0.29) is 0 Å². The quantitative estimate of drug-likeness (QED) is 0.793. The third-order valence-electron chi connectivity index (χ3n) is 3.50. The van der Waals surface area contributed by atoms with Crippen molar-refractivity contribution in [2.24, 2.45) is 0 Å². The van der Waals surface area contributed by atoms with E-state index >= 15 is 0 Å². The largest absolute Gasteiger partial charge is 0.443 e. The maximum Gasteiger partial charge on any atom is 0.181 e. The van der Waals surface area contributed by atoms with E-state index in [0.717, 1.165) is 17.6 Å². The van der Waals surface area contributed by atoms with E-state index in [0.29, 0.717) is 0 Å². The number of aromatic nitrogens is 1. The van der Waals surface area contributed by atoms with Crippen LogP contribution in [0, 0.1) is 6.92 Å². The average Bonchev–Trinajstić information content (AvgIpc) is 2.78. The molecule has 0 N–H and O–H groups in total. The van der Waals surface area contributed by atoms with E-state index in [1.165, 1.54) is 43.5 Å². The van der Waals surface area contributed by atoms with Gasteiger partial charge >= 0.3 is 0 Å². The highest BCUT2D eigenvalue weighted by Crippen LogP contribution is 2.22. The zero-order chi connectivity index (χ0) is 11.7. The number of aryl methyl sites for hydroxylation is 1. The van der Waals surface area contributed by atoms with Crippen LogP contribution >= 0.6 is 0 Å². The zero-order valence-corrected chi connectivity index (χ0v) is 10.3. The van der Waals surface area contributed by atoms with E-state index in [9.17, 15) is 0 Å². The van der Waals surface area contributed by atoms with E-state index in [4.69, 9.17) is 4.42 Å². The number of nitrogens with zero attached hydrogens (tertiary/aromatic N) is 2. The first kappa shape index (κ1) is 10.8. The number of hydrogen-bond acceptors (Lipinski definition) is 3. The topological polar surface area (TPSA) is 29.3 Å². The van der Waals surface area contributed by atoms with Gasteiger partial charge in [0.1, 0.15) is 5.52 Å². The lowest BCUT2D eigenvalue weighted by Gasteiger charge is -2.26. The molecule has 0 atom stereocenters. The molecule has 0 aliphatic carbocycles. The lowest BCUT2D eigenvalue weighted by atomic mass is 10.1. The van der Waals surface area contributed by atoms with Crippen LogP contribution in [-0.4, -0.2) is 23.0 Å². The predicted molar refractivity (Wildman–Crippen MR) is 67.9 cm³/mol. The Morgan fingerprint density at radius 3 is 2.88 bits per heavy atom. The second-order valence-electron chi connectivity index (χ2n) is 4.96. The highest BCUT2D eigenvalue weighted by atomic mass is 16.3. The molecule has 3 nitrogen and oxygen atoms in total. The predicted octanol–water partition coefficient (Wildman–Crippen LogP) is 3.12. The number of rotatable bonds is 2. The van der Waals surface area contributed by atoms with Crippen LogP contribution in [0.4, 0.5) is 0 Å². The number of benzene rings is 1. The fraction of sp³-hybridized carbons (Fsp3) is 0.500. The van der Waals surface area contributed by atoms with Crippen molar-refractivity contribution >= 4 is 11.1 Å². The first-order valence-electron chi connectivity index (χ1n) is 6.38. The molecule has 0 spiro atoms. The smallest absolute Gasteiger partial charge is 0.181 e. The third kappa shape index (κ3) is 2.20. The third-order valence-corrected chi connectivity index (χ3v) is 3.50. The van der Waals surface area contributed by atoms with E-state index in [1.807, 2.05) is 0 Å². The van der Waals surface area contributed by atoms with Crippen LogP contribution < -0.4 is 0 Å². The summed E-state index contributed by atoms with van der Waals surface area (Å²) in [5.41, 5.74) is 4.48. The molecular weight excluding hydrogens is 212 g/mol. The van der Waals surface area contributed by atoms with Crippen LogP contribution in [0.15, 0.2) is 22.9 Å². The van der Waals surface area contributed by atoms with Gasteiger partial charge < -0.3 is 4.42 Å². The highest BCUT2D eigenvalue weighted by Gasteiger charge is 2.14. The second kappa shape index (κ2) is 4.49. The van der Waals surface area contributed by atoms with Gasteiger partial charge in [0.15, 0.2) is 12.0 Å². The molecule has 0 radical (unpaired) electrons. The van der Waals surface area contributed by atoms with Gasteiger partial charge in [0.25, 0.3) is 0 Å². The Kier molecular flexibility index (Phi) is 2.85. The number of piperidine rings is 1. The van der Waals surface area contributed by atoms with Crippen molar-refractivity contribution in [2.75, 3.05) is 13.1 Å². The summed E-state index contributed by atoms with van der Waals surface area (Å²) in [4.78, 5) is 6.76. The van der Waals surface area contributed by atoms with Crippen molar-refractivity contribution in [1.29, 1.82) is 0 Å². The fourth-order valence-electron chi connectivity index (χ4n) is 2.67. The Morgan fingerprint density at radius 1 is 1.24 bits per heavy atom. The molecule has 1 fully saturated rings. The minimum absolute atomic E-state index is 0.959. The van der Waals surface area contributed by atoms with Gasteiger partial charge in [0.2, 0.25) is 0 Å². The SMILES string of the molecule is Cc1cc(CN2CCCCC2)c2ocnc2c1. The molecule has 90 valence electrons. The van der Waals surface area contributed by atoms with E-state index in [2.05, 4.69) is 28.9 Å². The lowest BCUT2D eigenvalue weighted by molar-refractivity contribution is 0.221. The Morgan fingerprint density at radius 2 is 2.06 bits per heavy atom. The number of oxazole rings is 1. The molecule has 0 saturated carbocycles. The molecule has 0 amide bonds. The minimum Gasteiger partial charge on any atom is -0.443 e. The fourth-order valence-corrected chi connectivity index (χ4v) is 2.67. The molecule has 1 aliphatic heterocycles. The van der Waals surface area contributed by atoms with Crippen LogP contribution in [0.3, 0.4) is 0 Å². The normalized spacial score (nSPS) is 17.7. The van der Waals surface area contributed by atoms with Gasteiger partial charge in [-0.15, -0.1) is 0 Å². The Bertz CT molecular complexity index is 512. The Labute approximate surface area is 101 Å². The van der Waals surface area contributed by atoms with Crippen LogP contribution in [0.5, 0.6) is 0 Å². The average molecular weight is 230 g/mol. The molecule has 0 bridgehead atoms. The van der Waals surface area contributed by atoms with Crippen molar-refractivity contribution in [1.82, 2.24) is 9.88 Å². The van der Waals surface area contributed by atoms with Crippen molar-refractivity contribution in [3.63, 3.8) is 0 Å². The van der Waals surface area contributed by atoms with Crippen LogP contribution in [-0.2, 0) is 6.54 Å². The first-order valence-corrected chi connectivity index (χ1v) is 6.38. The molecule has 2 heterocycles. The van der Waals surface area contributed by atoms with Crippen molar-refractivity contribution in [3.05, 3.63) is 29.7 Å². The monoisotopic (exact) mass is 230 g/mol. The molecular formula is C14H18N2O. The molecule has 1 aromatic carbocycles. The Balaban J connectivity index is 1.90. The Hall–Kier alpha value is -1.35. The second-order valence-corrected chi connectivity index (χ2v) is 4.96. The molecule has 1 saturated heterocycles. The van der Waals surface area contributed by atoms with Gasteiger partial charge in [-0.05, 0) is 44.5 Å². The van der Waals surface area contributed by atoms with Crippen molar-refractivity contribution in [2.45, 2.75) is 32.7 Å². The van der Waals surface area contributed by atoms with Crippen LogP contribution in [0.1, 0.15) is 30.4 Å². The summed E-state index contributed by atoms with van der Waals surface area (Å²) in [7, 11) is 0. The van der Waals surface area contributed by atoms with E-state index < -0.39 is 0 Å². The van der Waals surface area contributed by atoms with Crippen molar-refractivity contribution in [3.8, 4) is 0 Å². The summed E-state index contributed by atoms with van der Waals surface area (Å²) in [6.45, 7) is 5.54. The highest BCUT2D eigenvalue weighted by molar-refractivity contribution is 5.76. The van der Waals surface area contributed by atoms with Gasteiger partial charge in [-0.3, -0.25) is 4.90 Å². The van der Waals surface area contributed by atoms with E-state index in [1.54, 1.807) is 6.39 Å². The zero-order valence-electron chi connectivity index (χ0n) is 10.3. The minimum atomic E-state index is 0.959. The van der Waals surface area contributed by atoms with Gasteiger partial charge in [0.05, 0.1) is 0 Å². The molecule has 2 aromatic rings. The molecule has 1 aliphatic rings. The maximum atomic E-state index is 5.51. The molecule has 0 unspecified atom stereocenters. The van der Waals surface area contributed by atoms with Crippen molar-refractivity contribution < 1.29 is 4.42 Å². The molecule has 1 aromatic heterocycles. The number of hydrogen-bond donors (Lipinski definition) is 0. The van der Waals surface area contributed by atoms with Gasteiger partial charge in [-0.25, -0.2) is 4.98 Å². The summed E-state index contributed by atoms with van der Waals surface area (Å²) in [5, 5.41) is 0. The summed E-state index contributed by atoms with van der Waals surface area (Å²) >= 11 is 0. The standard InChI is InChI=1S/C14H18N2O/c1-11-7-12(9-16-5-3-2-4-6-16)14-13(8-11)15-10-17-14/h7-8,10H,2-6,9H2,1H3. The molecule has 3 heteroatoms. The molecule has 17 heavy (non-hydrogen) atoms. The first-order chi connectivity index (χ1) is 8.33. The number of likely N-dealkylation sites (tertiary alicyclic amines) is 1.